The number of anilines is 1. The fourth-order valence-corrected chi connectivity index (χ4v) is 3.26. The highest BCUT2D eigenvalue weighted by atomic mass is 16.5. The largest absolute Gasteiger partial charge is 0.493 e. The summed E-state index contributed by atoms with van der Waals surface area (Å²) in [6.45, 7) is 0.578. The minimum Gasteiger partial charge on any atom is -0.493 e. The number of fused-ring (bicyclic) bond motifs is 1. The van der Waals surface area contributed by atoms with Crippen LogP contribution in [0.2, 0.25) is 0 Å². The Balaban J connectivity index is 1.94. The van der Waals surface area contributed by atoms with Gasteiger partial charge in [0.25, 0.3) is 0 Å². The van der Waals surface area contributed by atoms with Crippen LogP contribution in [0.15, 0.2) is 42.5 Å². The zero-order chi connectivity index (χ0) is 22.4. The molecule has 8 nitrogen and oxygen atoms in total. The minimum atomic E-state index is -1.17. The Hall–Kier alpha value is -3.86. The molecule has 2 aromatic carbocycles. The molecule has 0 spiro atoms. The van der Waals surface area contributed by atoms with E-state index in [4.69, 9.17) is 19.2 Å². The van der Waals surface area contributed by atoms with Crippen LogP contribution < -0.4 is 14.4 Å². The Morgan fingerprint density at radius 3 is 2.35 bits per heavy atom. The second kappa shape index (κ2) is 9.76. The standard InChI is InChI=1S/C23H24N4O4/c1-27(12-11-15-9-10-19(29-2)20(13-15)30-3)22-21(16(14-24)23(28)31-4)25-17-7-5-6-8-18(17)26-22/h5-10,13,16H,11-12H2,1-4H3. The number of methoxy groups -OCH3 is 3. The van der Waals surface area contributed by atoms with Gasteiger partial charge in [0.2, 0.25) is 0 Å². The van der Waals surface area contributed by atoms with Gasteiger partial charge in [0, 0.05) is 13.6 Å². The molecule has 1 heterocycles. The van der Waals surface area contributed by atoms with Crippen LogP contribution >= 0.6 is 0 Å². The lowest BCUT2D eigenvalue weighted by Crippen LogP contribution is -2.26. The van der Waals surface area contributed by atoms with Crippen molar-refractivity contribution in [3.63, 3.8) is 0 Å². The van der Waals surface area contributed by atoms with Crippen molar-refractivity contribution in [2.24, 2.45) is 0 Å². The number of carbonyl (C=O) groups excluding carboxylic acids is 1. The first-order chi connectivity index (χ1) is 15.0. The molecule has 1 unspecified atom stereocenters. The van der Waals surface area contributed by atoms with E-state index in [0.717, 1.165) is 5.56 Å². The third-order valence-corrected chi connectivity index (χ3v) is 4.96. The van der Waals surface area contributed by atoms with Crippen molar-refractivity contribution in [1.29, 1.82) is 5.26 Å². The summed E-state index contributed by atoms with van der Waals surface area (Å²) in [5.41, 5.74) is 2.62. The number of likely N-dealkylation sites (N-methyl/N-ethyl adjacent to an activating group) is 1. The maximum atomic E-state index is 12.2. The summed E-state index contributed by atoms with van der Waals surface area (Å²) in [4.78, 5) is 23.4. The number of aromatic nitrogens is 2. The van der Waals surface area contributed by atoms with Gasteiger partial charge in [0.05, 0.1) is 38.4 Å². The summed E-state index contributed by atoms with van der Waals surface area (Å²) < 4.78 is 15.5. The lowest BCUT2D eigenvalue weighted by atomic mass is 10.1. The summed E-state index contributed by atoms with van der Waals surface area (Å²) in [5.74, 6) is -0.0420. The van der Waals surface area contributed by atoms with E-state index in [0.29, 0.717) is 41.3 Å². The average molecular weight is 420 g/mol. The fourth-order valence-electron chi connectivity index (χ4n) is 3.26. The Kier molecular flexibility index (Phi) is 6.88. The van der Waals surface area contributed by atoms with Crippen LogP contribution in [0.1, 0.15) is 17.2 Å². The molecular formula is C23H24N4O4. The first kappa shape index (κ1) is 21.8. The lowest BCUT2D eigenvalue weighted by Gasteiger charge is -2.22. The third kappa shape index (κ3) is 4.67. The van der Waals surface area contributed by atoms with Gasteiger partial charge in [-0.2, -0.15) is 5.26 Å². The zero-order valence-electron chi connectivity index (χ0n) is 18.0. The van der Waals surface area contributed by atoms with Crippen LogP contribution in [0.4, 0.5) is 5.82 Å². The summed E-state index contributed by atoms with van der Waals surface area (Å²) in [5, 5.41) is 9.61. The smallest absolute Gasteiger partial charge is 0.329 e. The van der Waals surface area contributed by atoms with Gasteiger partial charge in [-0.15, -0.1) is 0 Å². The number of benzene rings is 2. The van der Waals surface area contributed by atoms with E-state index in [-0.39, 0.29) is 5.69 Å². The monoisotopic (exact) mass is 420 g/mol. The molecule has 0 N–H and O–H groups in total. The molecule has 160 valence electrons. The summed E-state index contributed by atoms with van der Waals surface area (Å²) in [7, 11) is 6.30. The predicted octanol–water partition coefficient (Wildman–Crippen LogP) is 3.11. The van der Waals surface area contributed by atoms with E-state index in [2.05, 4.69) is 4.98 Å². The van der Waals surface area contributed by atoms with Crippen molar-refractivity contribution < 1.29 is 19.0 Å². The van der Waals surface area contributed by atoms with E-state index in [9.17, 15) is 10.1 Å². The molecule has 0 aliphatic rings. The number of esters is 1. The zero-order valence-corrected chi connectivity index (χ0v) is 18.0. The summed E-state index contributed by atoms with van der Waals surface area (Å²) in [6.07, 6.45) is 0.681. The SMILES string of the molecule is COC(=O)C(C#N)c1nc2ccccc2nc1N(C)CCc1ccc(OC)c(OC)c1. The van der Waals surface area contributed by atoms with Crippen LogP contribution in [0.25, 0.3) is 11.0 Å². The van der Waals surface area contributed by atoms with Crippen molar-refractivity contribution >= 4 is 22.8 Å². The van der Waals surface area contributed by atoms with Crippen LogP contribution in [0.5, 0.6) is 11.5 Å². The van der Waals surface area contributed by atoms with Crippen LogP contribution in [0.3, 0.4) is 0 Å². The Labute approximate surface area is 181 Å². The van der Waals surface area contributed by atoms with Crippen molar-refractivity contribution in [1.82, 2.24) is 9.97 Å². The van der Waals surface area contributed by atoms with Crippen molar-refractivity contribution in [2.75, 3.05) is 39.8 Å². The molecule has 0 saturated carbocycles. The molecule has 31 heavy (non-hydrogen) atoms. The number of hydrogen-bond acceptors (Lipinski definition) is 8. The molecule has 0 aliphatic carbocycles. The first-order valence-corrected chi connectivity index (χ1v) is 9.68. The van der Waals surface area contributed by atoms with Crippen LogP contribution in [0, 0.1) is 11.3 Å². The van der Waals surface area contributed by atoms with Gasteiger partial charge >= 0.3 is 5.97 Å². The van der Waals surface area contributed by atoms with Gasteiger partial charge in [0.1, 0.15) is 5.69 Å². The Bertz CT molecular complexity index is 1130. The molecule has 1 atom stereocenters. The highest BCUT2D eigenvalue weighted by molar-refractivity contribution is 5.85. The number of carbonyl (C=O) groups is 1. The highest BCUT2D eigenvalue weighted by Crippen LogP contribution is 2.29. The van der Waals surface area contributed by atoms with Gasteiger partial charge in [-0.3, -0.25) is 4.79 Å². The molecule has 8 heteroatoms. The van der Waals surface area contributed by atoms with E-state index >= 15 is 0 Å². The normalized spacial score (nSPS) is 11.5. The number of nitriles is 1. The van der Waals surface area contributed by atoms with Gasteiger partial charge in [-0.25, -0.2) is 9.97 Å². The lowest BCUT2D eigenvalue weighted by molar-refractivity contribution is -0.141. The van der Waals surface area contributed by atoms with Gasteiger partial charge in [0.15, 0.2) is 23.2 Å². The van der Waals surface area contributed by atoms with E-state index in [1.807, 2.05) is 54.4 Å². The Morgan fingerprint density at radius 1 is 1.06 bits per heavy atom. The van der Waals surface area contributed by atoms with E-state index in [1.54, 1.807) is 20.3 Å². The molecule has 0 fully saturated rings. The maximum Gasteiger partial charge on any atom is 0.329 e. The van der Waals surface area contributed by atoms with Crippen molar-refractivity contribution in [3.8, 4) is 17.6 Å². The second-order valence-electron chi connectivity index (χ2n) is 6.87. The van der Waals surface area contributed by atoms with Gasteiger partial charge in [-0.05, 0) is 36.2 Å². The fraction of sp³-hybridized carbons (Fsp3) is 0.304. The van der Waals surface area contributed by atoms with Crippen LogP contribution in [-0.2, 0) is 16.0 Å². The maximum absolute atomic E-state index is 12.2. The second-order valence-corrected chi connectivity index (χ2v) is 6.87. The predicted molar refractivity (Wildman–Crippen MR) is 116 cm³/mol. The molecule has 0 aliphatic heterocycles. The van der Waals surface area contributed by atoms with Gasteiger partial charge < -0.3 is 19.1 Å². The minimum absolute atomic E-state index is 0.280. The number of ether oxygens (including phenoxy) is 3. The van der Waals surface area contributed by atoms with Gasteiger partial charge in [-0.1, -0.05) is 18.2 Å². The molecule has 0 saturated heterocycles. The van der Waals surface area contributed by atoms with E-state index in [1.165, 1.54) is 7.11 Å². The quantitative estimate of drug-likeness (QED) is 0.513. The van der Waals surface area contributed by atoms with E-state index < -0.39 is 11.9 Å². The molecule has 0 amide bonds. The molecular weight excluding hydrogens is 396 g/mol. The number of para-hydroxylation sites is 2. The molecule has 0 bridgehead atoms. The number of rotatable bonds is 8. The number of hydrogen-bond donors (Lipinski definition) is 0. The summed E-state index contributed by atoms with van der Waals surface area (Å²) >= 11 is 0. The molecule has 1 aromatic heterocycles. The third-order valence-electron chi connectivity index (χ3n) is 4.96. The molecule has 3 rings (SSSR count). The van der Waals surface area contributed by atoms with Crippen molar-refractivity contribution in [2.45, 2.75) is 12.3 Å². The summed E-state index contributed by atoms with van der Waals surface area (Å²) in [6, 6.07) is 15.1. The topological polar surface area (TPSA) is 97.6 Å². The first-order valence-electron chi connectivity index (χ1n) is 9.68. The van der Waals surface area contributed by atoms with Crippen molar-refractivity contribution in [3.05, 3.63) is 53.7 Å². The van der Waals surface area contributed by atoms with Crippen LogP contribution in [-0.4, -0.2) is 50.9 Å². The molecule has 3 aromatic rings. The Morgan fingerprint density at radius 2 is 1.74 bits per heavy atom. The highest BCUT2D eigenvalue weighted by Gasteiger charge is 2.28. The number of nitrogens with zero attached hydrogens (tertiary/aromatic N) is 4. The molecule has 0 radical (unpaired) electrons. The average Bonchev–Trinajstić information content (AvgIpc) is 2.82.